The fourth-order valence-corrected chi connectivity index (χ4v) is 4.75. The highest BCUT2D eigenvalue weighted by molar-refractivity contribution is 6.05. The molecule has 1 amide bonds. The molecule has 2 aliphatic rings. The SMILES string of the molecule is N#Cc1cnc2cc(OC3CCOC3)c(NC(=O)C=C3CCNC3)cc2c1Nc1ccc(Oc2ccccc2)nc1. The lowest BCUT2D eigenvalue weighted by Gasteiger charge is -2.18. The molecule has 2 saturated heterocycles. The molecule has 0 bridgehead atoms. The molecule has 0 aliphatic carbocycles. The average molecular weight is 549 g/mol. The van der Waals surface area contributed by atoms with Gasteiger partial charge in [-0.25, -0.2) is 4.98 Å². The number of anilines is 3. The molecule has 2 aromatic heterocycles. The van der Waals surface area contributed by atoms with Crippen molar-refractivity contribution in [2.24, 2.45) is 0 Å². The first-order chi connectivity index (χ1) is 20.1. The number of fused-ring (bicyclic) bond motifs is 1. The number of hydrogen-bond acceptors (Lipinski definition) is 9. The number of hydrogen-bond donors (Lipinski definition) is 3. The third kappa shape index (κ3) is 6.27. The Morgan fingerprint density at radius 1 is 1.15 bits per heavy atom. The number of amides is 1. The zero-order valence-corrected chi connectivity index (χ0v) is 22.2. The first-order valence-electron chi connectivity index (χ1n) is 13.4. The zero-order chi connectivity index (χ0) is 28.0. The summed E-state index contributed by atoms with van der Waals surface area (Å²) in [6, 6.07) is 18.8. The van der Waals surface area contributed by atoms with Crippen molar-refractivity contribution < 1.29 is 19.0 Å². The molecule has 4 aromatic rings. The highest BCUT2D eigenvalue weighted by Crippen LogP contribution is 2.37. The Morgan fingerprint density at radius 2 is 2.05 bits per heavy atom. The number of nitriles is 1. The van der Waals surface area contributed by atoms with Gasteiger partial charge >= 0.3 is 0 Å². The first-order valence-corrected chi connectivity index (χ1v) is 13.4. The lowest BCUT2D eigenvalue weighted by molar-refractivity contribution is -0.112. The molecule has 0 radical (unpaired) electrons. The molecule has 206 valence electrons. The second kappa shape index (κ2) is 12.0. The lowest BCUT2D eigenvalue weighted by atomic mass is 10.1. The monoisotopic (exact) mass is 548 g/mol. The summed E-state index contributed by atoms with van der Waals surface area (Å²) in [6.07, 6.45) is 6.24. The van der Waals surface area contributed by atoms with Crippen LogP contribution in [0.2, 0.25) is 0 Å². The van der Waals surface area contributed by atoms with E-state index in [1.807, 2.05) is 36.4 Å². The van der Waals surface area contributed by atoms with Crippen LogP contribution in [0.3, 0.4) is 0 Å². The van der Waals surface area contributed by atoms with E-state index in [1.54, 1.807) is 30.5 Å². The highest BCUT2D eigenvalue weighted by Gasteiger charge is 2.21. The van der Waals surface area contributed by atoms with Crippen LogP contribution in [0, 0.1) is 11.3 Å². The Hall–Kier alpha value is -4.98. The molecule has 10 heteroatoms. The van der Waals surface area contributed by atoms with E-state index in [0.717, 1.165) is 25.0 Å². The standard InChI is InChI=1S/C31H28N6O4/c32-15-21-17-34-26-14-28(40-24-9-11-39-19-24)27(37-29(38)12-20-8-10-33-16-20)13-25(26)31(21)36-22-6-7-30(35-18-22)41-23-4-2-1-3-5-23/h1-7,12-14,17-18,24,33H,8-11,16,19H2,(H,34,36)(H,37,38). The lowest BCUT2D eigenvalue weighted by Crippen LogP contribution is -2.18. The summed E-state index contributed by atoms with van der Waals surface area (Å²) in [5.41, 5.74) is 3.67. The third-order valence-corrected chi connectivity index (χ3v) is 6.81. The topological polar surface area (TPSA) is 130 Å². The van der Waals surface area contributed by atoms with Gasteiger partial charge in [0, 0.05) is 42.8 Å². The number of pyridine rings is 2. The summed E-state index contributed by atoms with van der Waals surface area (Å²) in [6.45, 7) is 2.66. The van der Waals surface area contributed by atoms with Gasteiger partial charge in [0.1, 0.15) is 23.7 Å². The van der Waals surface area contributed by atoms with Crippen LogP contribution in [0.15, 0.2) is 78.6 Å². The van der Waals surface area contributed by atoms with E-state index in [9.17, 15) is 10.1 Å². The molecular weight excluding hydrogens is 520 g/mol. The van der Waals surface area contributed by atoms with E-state index in [1.165, 1.54) is 6.20 Å². The molecule has 2 fully saturated rings. The van der Waals surface area contributed by atoms with Gasteiger partial charge in [0.25, 0.3) is 0 Å². The predicted octanol–water partition coefficient (Wildman–Crippen LogP) is 5.06. The van der Waals surface area contributed by atoms with Crippen molar-refractivity contribution in [1.29, 1.82) is 5.26 Å². The van der Waals surface area contributed by atoms with Crippen LogP contribution in [0.4, 0.5) is 17.1 Å². The zero-order valence-electron chi connectivity index (χ0n) is 22.2. The van der Waals surface area contributed by atoms with Crippen LogP contribution in [0.1, 0.15) is 18.4 Å². The number of rotatable bonds is 8. The molecular formula is C31H28N6O4. The quantitative estimate of drug-likeness (QED) is 0.259. The van der Waals surface area contributed by atoms with Gasteiger partial charge in [-0.1, -0.05) is 18.2 Å². The fourth-order valence-electron chi connectivity index (χ4n) is 4.75. The molecule has 10 nitrogen and oxygen atoms in total. The summed E-state index contributed by atoms with van der Waals surface area (Å²) in [5.74, 6) is 1.38. The third-order valence-electron chi connectivity index (χ3n) is 6.81. The summed E-state index contributed by atoms with van der Waals surface area (Å²) < 4.78 is 17.5. The smallest absolute Gasteiger partial charge is 0.248 e. The van der Waals surface area contributed by atoms with Crippen LogP contribution in [0.5, 0.6) is 17.4 Å². The summed E-state index contributed by atoms with van der Waals surface area (Å²) in [4.78, 5) is 21.9. The molecule has 2 aromatic carbocycles. The maximum atomic E-state index is 13.0. The number of carbonyl (C=O) groups is 1. The maximum Gasteiger partial charge on any atom is 0.248 e. The normalized spacial score (nSPS) is 17.3. The van der Waals surface area contributed by atoms with E-state index in [2.05, 4.69) is 32.0 Å². The summed E-state index contributed by atoms with van der Waals surface area (Å²) in [5, 5.41) is 20.1. The largest absolute Gasteiger partial charge is 0.486 e. The number of nitrogens with one attached hydrogen (secondary N) is 3. The van der Waals surface area contributed by atoms with E-state index < -0.39 is 0 Å². The van der Waals surface area contributed by atoms with Gasteiger partial charge in [0.05, 0.1) is 47.6 Å². The predicted molar refractivity (Wildman–Crippen MR) is 155 cm³/mol. The van der Waals surface area contributed by atoms with Crippen LogP contribution in [-0.4, -0.2) is 48.3 Å². The van der Waals surface area contributed by atoms with Gasteiger partial charge < -0.3 is 30.2 Å². The van der Waals surface area contributed by atoms with Gasteiger partial charge in [0.15, 0.2) is 0 Å². The Balaban J connectivity index is 1.33. The summed E-state index contributed by atoms with van der Waals surface area (Å²) >= 11 is 0. The fraction of sp³-hybridized carbons (Fsp3) is 0.226. The van der Waals surface area contributed by atoms with Gasteiger partial charge in [-0.05, 0) is 42.8 Å². The van der Waals surface area contributed by atoms with Gasteiger partial charge in [-0.2, -0.15) is 5.26 Å². The summed E-state index contributed by atoms with van der Waals surface area (Å²) in [7, 11) is 0. The van der Waals surface area contributed by atoms with Crippen molar-refractivity contribution >= 4 is 33.9 Å². The second-order valence-electron chi connectivity index (χ2n) is 9.77. The average Bonchev–Trinajstić information content (AvgIpc) is 3.70. The van der Waals surface area contributed by atoms with Crippen LogP contribution < -0.4 is 25.4 Å². The molecule has 1 unspecified atom stereocenters. The molecule has 0 spiro atoms. The number of carbonyl (C=O) groups excluding carboxylic acids is 1. The number of aromatic nitrogens is 2. The minimum atomic E-state index is -0.243. The van der Waals surface area contributed by atoms with E-state index in [4.69, 9.17) is 14.2 Å². The van der Waals surface area contributed by atoms with Crippen LogP contribution in [0.25, 0.3) is 10.9 Å². The van der Waals surface area contributed by atoms with Crippen molar-refractivity contribution in [3.05, 3.63) is 84.2 Å². The molecule has 3 N–H and O–H groups in total. The van der Waals surface area contributed by atoms with Crippen molar-refractivity contribution in [2.75, 3.05) is 36.9 Å². The minimum absolute atomic E-state index is 0.126. The maximum absolute atomic E-state index is 13.0. The van der Waals surface area contributed by atoms with Gasteiger partial charge in [0.2, 0.25) is 11.8 Å². The number of nitrogens with zero attached hydrogens (tertiary/aromatic N) is 3. The van der Waals surface area contributed by atoms with E-state index >= 15 is 0 Å². The van der Waals surface area contributed by atoms with E-state index in [-0.39, 0.29) is 12.0 Å². The van der Waals surface area contributed by atoms with Gasteiger partial charge in [-0.3, -0.25) is 9.78 Å². The Labute approximate surface area is 237 Å². The Morgan fingerprint density at radius 3 is 2.78 bits per heavy atom. The van der Waals surface area contributed by atoms with Crippen LogP contribution >= 0.6 is 0 Å². The molecule has 4 heterocycles. The van der Waals surface area contributed by atoms with Gasteiger partial charge in [-0.15, -0.1) is 0 Å². The molecule has 2 aliphatic heterocycles. The molecule has 6 rings (SSSR count). The van der Waals surface area contributed by atoms with Crippen molar-refractivity contribution in [1.82, 2.24) is 15.3 Å². The van der Waals surface area contributed by atoms with Crippen molar-refractivity contribution in [2.45, 2.75) is 18.9 Å². The molecule has 0 saturated carbocycles. The molecule has 41 heavy (non-hydrogen) atoms. The number of ether oxygens (including phenoxy) is 3. The van der Waals surface area contributed by atoms with E-state index in [0.29, 0.717) is 70.7 Å². The Kier molecular flexibility index (Phi) is 7.71. The molecule has 1 atom stereocenters. The van der Waals surface area contributed by atoms with Crippen LogP contribution in [-0.2, 0) is 9.53 Å². The number of para-hydroxylation sites is 1. The number of benzene rings is 2. The first kappa shape index (κ1) is 26.3. The van der Waals surface area contributed by atoms with Crippen molar-refractivity contribution in [3.8, 4) is 23.4 Å². The Bertz CT molecular complexity index is 1620. The highest BCUT2D eigenvalue weighted by atomic mass is 16.5. The minimum Gasteiger partial charge on any atom is -0.486 e. The van der Waals surface area contributed by atoms with Crippen molar-refractivity contribution in [3.63, 3.8) is 0 Å². The second-order valence-corrected chi connectivity index (χ2v) is 9.77.